The topological polar surface area (TPSA) is 17.1 Å². The smallest absolute Gasteiger partial charge is 0.163 e. The SMILES string of the molecule is CCC(=O)c1c(C(C)(C)C)cc(C(C)(C)C)cc1C(C)(C)C. The lowest BCUT2D eigenvalue weighted by Crippen LogP contribution is -2.26. The average Bonchev–Trinajstić information content (AvgIpc) is 2.33. The van der Waals surface area contributed by atoms with E-state index >= 15 is 0 Å². The van der Waals surface area contributed by atoms with Crippen molar-refractivity contribution < 1.29 is 4.79 Å². The van der Waals surface area contributed by atoms with Gasteiger partial charge in [0.25, 0.3) is 0 Å². The fourth-order valence-corrected chi connectivity index (χ4v) is 2.74. The summed E-state index contributed by atoms with van der Waals surface area (Å²) < 4.78 is 0. The van der Waals surface area contributed by atoms with E-state index in [2.05, 4.69) is 74.4 Å². The van der Waals surface area contributed by atoms with Crippen molar-refractivity contribution in [2.45, 2.75) is 91.9 Å². The Kier molecular flexibility index (Phi) is 5.02. The van der Waals surface area contributed by atoms with Gasteiger partial charge in [0.05, 0.1) is 0 Å². The van der Waals surface area contributed by atoms with Gasteiger partial charge >= 0.3 is 0 Å². The summed E-state index contributed by atoms with van der Waals surface area (Å²) >= 11 is 0. The summed E-state index contributed by atoms with van der Waals surface area (Å²) in [6.45, 7) is 21.9. The molecule has 0 aliphatic carbocycles. The molecule has 0 bridgehead atoms. The van der Waals surface area contributed by atoms with Crippen LogP contribution < -0.4 is 0 Å². The van der Waals surface area contributed by atoms with E-state index in [-0.39, 0.29) is 22.0 Å². The maximum atomic E-state index is 12.7. The first-order valence-electron chi connectivity index (χ1n) is 8.42. The van der Waals surface area contributed by atoms with Gasteiger partial charge < -0.3 is 0 Å². The Balaban J connectivity index is 3.90. The van der Waals surface area contributed by atoms with Gasteiger partial charge in [-0.15, -0.1) is 0 Å². The second-order valence-corrected chi connectivity index (χ2v) is 9.47. The van der Waals surface area contributed by atoms with Crippen molar-refractivity contribution in [3.63, 3.8) is 0 Å². The van der Waals surface area contributed by atoms with Crippen molar-refractivity contribution >= 4 is 5.78 Å². The standard InChI is InChI=1S/C21H34O/c1-11-17(22)18-15(20(5,6)7)12-14(19(2,3)4)13-16(18)21(8,9)10/h12-13H,11H2,1-10H3. The number of ketones is 1. The van der Waals surface area contributed by atoms with E-state index in [0.29, 0.717) is 6.42 Å². The average molecular weight is 303 g/mol. The molecule has 0 saturated heterocycles. The highest BCUT2D eigenvalue weighted by Crippen LogP contribution is 2.38. The van der Waals surface area contributed by atoms with E-state index in [1.165, 1.54) is 16.7 Å². The number of carbonyl (C=O) groups is 1. The monoisotopic (exact) mass is 302 g/mol. The Morgan fingerprint density at radius 2 is 1.14 bits per heavy atom. The Bertz CT molecular complexity index is 522. The Labute approximate surface area is 137 Å². The molecule has 0 fully saturated rings. The fraction of sp³-hybridized carbons (Fsp3) is 0.667. The molecule has 1 aromatic rings. The minimum Gasteiger partial charge on any atom is -0.294 e. The van der Waals surface area contributed by atoms with Crippen LogP contribution >= 0.6 is 0 Å². The Morgan fingerprint density at radius 1 is 0.773 bits per heavy atom. The predicted molar refractivity (Wildman–Crippen MR) is 97.2 cm³/mol. The summed E-state index contributed by atoms with van der Waals surface area (Å²) in [7, 11) is 0. The minimum absolute atomic E-state index is 0.0403. The molecule has 0 N–H and O–H groups in total. The molecule has 0 aliphatic rings. The van der Waals surface area contributed by atoms with E-state index in [1.54, 1.807) is 0 Å². The molecular weight excluding hydrogens is 268 g/mol. The Morgan fingerprint density at radius 3 is 1.36 bits per heavy atom. The molecule has 1 aromatic carbocycles. The molecular formula is C21H34O. The molecule has 22 heavy (non-hydrogen) atoms. The summed E-state index contributed by atoms with van der Waals surface area (Å²) in [5, 5.41) is 0. The third-order valence-electron chi connectivity index (χ3n) is 4.22. The van der Waals surface area contributed by atoms with Crippen molar-refractivity contribution in [2.24, 2.45) is 0 Å². The third kappa shape index (κ3) is 4.00. The fourth-order valence-electron chi connectivity index (χ4n) is 2.74. The van der Waals surface area contributed by atoms with Crippen molar-refractivity contribution in [3.8, 4) is 0 Å². The molecule has 0 atom stereocenters. The first-order valence-corrected chi connectivity index (χ1v) is 8.42. The van der Waals surface area contributed by atoms with E-state index in [4.69, 9.17) is 0 Å². The number of carbonyl (C=O) groups excluding carboxylic acids is 1. The molecule has 0 saturated carbocycles. The number of hydrogen-bond donors (Lipinski definition) is 0. The first-order chi connectivity index (χ1) is 9.69. The molecule has 1 heteroatoms. The van der Waals surface area contributed by atoms with Crippen LogP contribution in [0.2, 0.25) is 0 Å². The summed E-state index contributed by atoms with van der Waals surface area (Å²) in [5.74, 6) is 0.260. The largest absolute Gasteiger partial charge is 0.294 e. The van der Waals surface area contributed by atoms with E-state index in [0.717, 1.165) is 5.56 Å². The van der Waals surface area contributed by atoms with Crippen LogP contribution in [0.15, 0.2) is 12.1 Å². The van der Waals surface area contributed by atoms with E-state index in [9.17, 15) is 4.79 Å². The van der Waals surface area contributed by atoms with Crippen LogP contribution in [0.25, 0.3) is 0 Å². The van der Waals surface area contributed by atoms with Gasteiger partial charge in [-0.05, 0) is 32.9 Å². The summed E-state index contributed by atoms with van der Waals surface area (Å²) in [4.78, 5) is 12.7. The highest BCUT2D eigenvalue weighted by atomic mass is 16.1. The number of hydrogen-bond acceptors (Lipinski definition) is 1. The molecule has 124 valence electrons. The van der Waals surface area contributed by atoms with Crippen molar-refractivity contribution in [1.29, 1.82) is 0 Å². The zero-order chi connectivity index (χ0) is 17.5. The molecule has 1 nitrogen and oxygen atoms in total. The number of benzene rings is 1. The first kappa shape index (κ1) is 18.9. The second-order valence-electron chi connectivity index (χ2n) is 9.47. The summed E-state index contributed by atoms with van der Waals surface area (Å²) in [6, 6.07) is 4.52. The molecule has 0 heterocycles. The zero-order valence-electron chi connectivity index (χ0n) is 16.3. The van der Waals surface area contributed by atoms with Gasteiger partial charge in [0, 0.05) is 12.0 Å². The quantitative estimate of drug-likeness (QED) is 0.597. The molecule has 0 aliphatic heterocycles. The van der Waals surface area contributed by atoms with Crippen LogP contribution in [0.4, 0.5) is 0 Å². The summed E-state index contributed by atoms with van der Waals surface area (Å²) in [6.07, 6.45) is 0.557. The second kappa shape index (κ2) is 5.83. The van der Waals surface area contributed by atoms with E-state index in [1.807, 2.05) is 6.92 Å². The van der Waals surface area contributed by atoms with Crippen molar-refractivity contribution in [1.82, 2.24) is 0 Å². The maximum Gasteiger partial charge on any atom is 0.163 e. The van der Waals surface area contributed by atoms with Crippen LogP contribution in [-0.4, -0.2) is 5.78 Å². The molecule has 0 radical (unpaired) electrons. The van der Waals surface area contributed by atoms with Crippen LogP contribution in [0, 0.1) is 0 Å². The van der Waals surface area contributed by atoms with Crippen LogP contribution in [0.1, 0.15) is 103 Å². The van der Waals surface area contributed by atoms with Gasteiger partial charge in [0.15, 0.2) is 5.78 Å². The van der Waals surface area contributed by atoms with Crippen molar-refractivity contribution in [2.75, 3.05) is 0 Å². The van der Waals surface area contributed by atoms with Gasteiger partial charge in [0.1, 0.15) is 0 Å². The zero-order valence-corrected chi connectivity index (χ0v) is 16.3. The van der Waals surface area contributed by atoms with Crippen molar-refractivity contribution in [3.05, 3.63) is 34.4 Å². The third-order valence-corrected chi connectivity index (χ3v) is 4.22. The molecule has 0 amide bonds. The predicted octanol–water partition coefficient (Wildman–Crippen LogP) is 6.17. The lowest BCUT2D eigenvalue weighted by molar-refractivity contribution is 0.0983. The Hall–Kier alpha value is -1.11. The number of Topliss-reactive ketones (excluding diaryl/α,β-unsaturated/α-hetero) is 1. The van der Waals surface area contributed by atoms with Gasteiger partial charge in [0.2, 0.25) is 0 Å². The molecule has 0 unspecified atom stereocenters. The minimum atomic E-state index is -0.0403. The molecule has 0 aromatic heterocycles. The van der Waals surface area contributed by atoms with Gasteiger partial charge in [-0.1, -0.05) is 81.4 Å². The number of rotatable bonds is 2. The molecule has 1 rings (SSSR count). The van der Waals surface area contributed by atoms with Gasteiger partial charge in [-0.2, -0.15) is 0 Å². The van der Waals surface area contributed by atoms with Gasteiger partial charge in [-0.25, -0.2) is 0 Å². The van der Waals surface area contributed by atoms with Gasteiger partial charge in [-0.3, -0.25) is 4.79 Å². The maximum absolute atomic E-state index is 12.7. The normalized spacial score (nSPS) is 13.4. The lowest BCUT2D eigenvalue weighted by atomic mass is 9.71. The van der Waals surface area contributed by atoms with Crippen LogP contribution in [0.5, 0.6) is 0 Å². The highest BCUT2D eigenvalue weighted by Gasteiger charge is 2.31. The lowest BCUT2D eigenvalue weighted by Gasteiger charge is -2.33. The summed E-state index contributed by atoms with van der Waals surface area (Å²) in [5.41, 5.74) is 4.65. The highest BCUT2D eigenvalue weighted by molar-refractivity contribution is 5.99. The van der Waals surface area contributed by atoms with E-state index < -0.39 is 0 Å². The van der Waals surface area contributed by atoms with Crippen LogP contribution in [-0.2, 0) is 16.2 Å². The molecule has 0 spiro atoms. The van der Waals surface area contributed by atoms with Crippen LogP contribution in [0.3, 0.4) is 0 Å².